The average molecular weight is 270 g/mol. The molecule has 2 aromatic rings. The molecule has 0 bridgehead atoms. The van der Waals surface area contributed by atoms with E-state index in [0.29, 0.717) is 0 Å². The van der Waals surface area contributed by atoms with Gasteiger partial charge in [-0.15, -0.1) is 0 Å². The zero-order chi connectivity index (χ0) is 14.5. The molecule has 0 fully saturated rings. The Balaban J connectivity index is 2.53. The molecule has 3 nitrogen and oxygen atoms in total. The fourth-order valence-corrected chi connectivity index (χ4v) is 2.43. The monoisotopic (exact) mass is 270 g/mol. The Morgan fingerprint density at radius 1 is 1.20 bits per heavy atom. The fourth-order valence-electron chi connectivity index (χ4n) is 2.43. The van der Waals surface area contributed by atoms with Crippen molar-refractivity contribution in [2.24, 2.45) is 0 Å². The van der Waals surface area contributed by atoms with Crippen molar-refractivity contribution in [2.75, 3.05) is 13.7 Å². The number of ether oxygens (including phenoxy) is 1. The van der Waals surface area contributed by atoms with Crippen LogP contribution in [0.3, 0.4) is 0 Å². The second-order valence-electron chi connectivity index (χ2n) is 4.88. The van der Waals surface area contributed by atoms with Gasteiger partial charge in [-0.3, -0.25) is 4.98 Å². The summed E-state index contributed by atoms with van der Waals surface area (Å²) in [5, 5.41) is 3.49. The van der Waals surface area contributed by atoms with Crippen molar-refractivity contribution < 1.29 is 4.74 Å². The predicted molar refractivity (Wildman–Crippen MR) is 82.2 cm³/mol. The molecule has 0 aliphatic rings. The third-order valence-corrected chi connectivity index (χ3v) is 3.61. The number of hydrogen-bond donors (Lipinski definition) is 1. The first-order valence-electron chi connectivity index (χ1n) is 6.97. The minimum Gasteiger partial charge on any atom is -0.496 e. The van der Waals surface area contributed by atoms with E-state index in [1.165, 1.54) is 11.1 Å². The van der Waals surface area contributed by atoms with Crippen LogP contribution in [0.4, 0.5) is 0 Å². The van der Waals surface area contributed by atoms with Crippen molar-refractivity contribution >= 4 is 0 Å². The van der Waals surface area contributed by atoms with Gasteiger partial charge in [-0.05, 0) is 43.7 Å². The molecule has 3 heteroatoms. The Hall–Kier alpha value is -1.87. The van der Waals surface area contributed by atoms with Gasteiger partial charge in [-0.1, -0.05) is 25.1 Å². The molecule has 106 valence electrons. The first kappa shape index (κ1) is 14.5. The van der Waals surface area contributed by atoms with Crippen LogP contribution in [0.15, 0.2) is 36.5 Å². The maximum atomic E-state index is 5.64. The number of aryl methyl sites for hydroxylation is 1. The number of hydrogen-bond acceptors (Lipinski definition) is 3. The lowest BCUT2D eigenvalue weighted by atomic mass is 9.96. The summed E-state index contributed by atoms with van der Waals surface area (Å²) in [6.07, 6.45) is 1.83. The Labute approximate surface area is 121 Å². The smallest absolute Gasteiger partial charge is 0.127 e. The SMILES string of the molecule is CCNC(c1ccccn1)c1ccc(C)c(C)c1OC. The van der Waals surface area contributed by atoms with E-state index in [1.54, 1.807) is 7.11 Å². The highest BCUT2D eigenvalue weighted by Gasteiger charge is 2.20. The van der Waals surface area contributed by atoms with Crippen LogP contribution < -0.4 is 10.1 Å². The summed E-state index contributed by atoms with van der Waals surface area (Å²) >= 11 is 0. The van der Waals surface area contributed by atoms with Gasteiger partial charge in [0.25, 0.3) is 0 Å². The van der Waals surface area contributed by atoms with Crippen molar-refractivity contribution in [3.63, 3.8) is 0 Å². The molecular formula is C17H22N2O. The van der Waals surface area contributed by atoms with Crippen LogP contribution in [0, 0.1) is 13.8 Å². The molecule has 1 aromatic carbocycles. The van der Waals surface area contributed by atoms with Crippen LogP contribution in [0.25, 0.3) is 0 Å². The summed E-state index contributed by atoms with van der Waals surface area (Å²) < 4.78 is 5.64. The Bertz CT molecular complexity index is 567. The van der Waals surface area contributed by atoms with E-state index in [-0.39, 0.29) is 6.04 Å². The van der Waals surface area contributed by atoms with Gasteiger partial charge in [0.05, 0.1) is 18.8 Å². The Kier molecular flexibility index (Phi) is 4.74. The molecule has 0 spiro atoms. The van der Waals surface area contributed by atoms with Crippen molar-refractivity contribution in [1.29, 1.82) is 0 Å². The number of benzene rings is 1. The summed E-state index contributed by atoms with van der Waals surface area (Å²) in [5.74, 6) is 0.946. The van der Waals surface area contributed by atoms with Gasteiger partial charge < -0.3 is 10.1 Å². The summed E-state index contributed by atoms with van der Waals surface area (Å²) in [4.78, 5) is 4.48. The summed E-state index contributed by atoms with van der Waals surface area (Å²) in [6, 6.07) is 10.3. The molecule has 1 atom stereocenters. The standard InChI is InChI=1S/C17H22N2O/c1-5-18-16(15-8-6-7-11-19-15)14-10-9-12(2)13(3)17(14)20-4/h6-11,16,18H,5H2,1-4H3. The Morgan fingerprint density at radius 2 is 2.00 bits per heavy atom. The largest absolute Gasteiger partial charge is 0.496 e. The molecule has 0 amide bonds. The quantitative estimate of drug-likeness (QED) is 0.904. The zero-order valence-electron chi connectivity index (χ0n) is 12.6. The molecule has 0 saturated carbocycles. The molecule has 2 rings (SSSR count). The summed E-state index contributed by atoms with van der Waals surface area (Å²) in [5.41, 5.74) is 4.57. The highest BCUT2D eigenvalue weighted by atomic mass is 16.5. The maximum absolute atomic E-state index is 5.64. The highest BCUT2D eigenvalue weighted by molar-refractivity contribution is 5.48. The van der Waals surface area contributed by atoms with Crippen molar-refractivity contribution in [2.45, 2.75) is 26.8 Å². The van der Waals surface area contributed by atoms with E-state index in [2.05, 4.69) is 43.2 Å². The molecule has 0 radical (unpaired) electrons. The van der Waals surface area contributed by atoms with Gasteiger partial charge in [0, 0.05) is 11.8 Å². The number of rotatable bonds is 5. The van der Waals surface area contributed by atoms with Gasteiger partial charge in [0.15, 0.2) is 0 Å². The van der Waals surface area contributed by atoms with Crippen LogP contribution in [-0.4, -0.2) is 18.6 Å². The van der Waals surface area contributed by atoms with Crippen LogP contribution in [-0.2, 0) is 0 Å². The van der Waals surface area contributed by atoms with E-state index in [4.69, 9.17) is 4.74 Å². The minimum atomic E-state index is 0.0513. The van der Waals surface area contributed by atoms with E-state index >= 15 is 0 Å². The molecule has 0 saturated heterocycles. The van der Waals surface area contributed by atoms with E-state index in [9.17, 15) is 0 Å². The number of nitrogens with zero attached hydrogens (tertiary/aromatic N) is 1. The maximum Gasteiger partial charge on any atom is 0.127 e. The normalized spacial score (nSPS) is 12.2. The second kappa shape index (κ2) is 6.53. The van der Waals surface area contributed by atoms with Crippen molar-refractivity contribution in [3.8, 4) is 5.75 Å². The highest BCUT2D eigenvalue weighted by Crippen LogP contribution is 2.33. The van der Waals surface area contributed by atoms with Gasteiger partial charge >= 0.3 is 0 Å². The van der Waals surface area contributed by atoms with Crippen LogP contribution >= 0.6 is 0 Å². The molecule has 1 heterocycles. The molecule has 1 unspecified atom stereocenters. The average Bonchev–Trinajstić information content (AvgIpc) is 2.48. The van der Waals surface area contributed by atoms with Gasteiger partial charge in [-0.25, -0.2) is 0 Å². The van der Waals surface area contributed by atoms with Gasteiger partial charge in [-0.2, -0.15) is 0 Å². The van der Waals surface area contributed by atoms with Crippen molar-refractivity contribution in [3.05, 3.63) is 58.9 Å². The summed E-state index contributed by atoms with van der Waals surface area (Å²) in [6.45, 7) is 7.17. The summed E-state index contributed by atoms with van der Waals surface area (Å²) in [7, 11) is 1.73. The third kappa shape index (κ3) is 2.83. The number of nitrogens with one attached hydrogen (secondary N) is 1. The third-order valence-electron chi connectivity index (χ3n) is 3.61. The first-order chi connectivity index (χ1) is 9.69. The number of methoxy groups -OCH3 is 1. The van der Waals surface area contributed by atoms with E-state index in [1.807, 2.05) is 24.4 Å². The number of pyridine rings is 1. The Morgan fingerprint density at radius 3 is 2.60 bits per heavy atom. The molecule has 0 aliphatic heterocycles. The molecule has 20 heavy (non-hydrogen) atoms. The van der Waals surface area contributed by atoms with Crippen molar-refractivity contribution in [1.82, 2.24) is 10.3 Å². The van der Waals surface area contributed by atoms with Crippen LogP contribution in [0.5, 0.6) is 5.75 Å². The van der Waals surface area contributed by atoms with E-state index < -0.39 is 0 Å². The molecule has 1 aromatic heterocycles. The van der Waals surface area contributed by atoms with Gasteiger partial charge in [0.2, 0.25) is 0 Å². The van der Waals surface area contributed by atoms with E-state index in [0.717, 1.165) is 23.6 Å². The zero-order valence-corrected chi connectivity index (χ0v) is 12.6. The van der Waals surface area contributed by atoms with Crippen LogP contribution in [0.1, 0.15) is 35.3 Å². The number of aromatic nitrogens is 1. The van der Waals surface area contributed by atoms with Gasteiger partial charge in [0.1, 0.15) is 5.75 Å². The minimum absolute atomic E-state index is 0.0513. The van der Waals surface area contributed by atoms with Crippen LogP contribution in [0.2, 0.25) is 0 Å². The predicted octanol–water partition coefficient (Wildman–Crippen LogP) is 3.41. The topological polar surface area (TPSA) is 34.2 Å². The second-order valence-corrected chi connectivity index (χ2v) is 4.88. The lowest BCUT2D eigenvalue weighted by molar-refractivity contribution is 0.400. The molecule has 0 aliphatic carbocycles. The molecular weight excluding hydrogens is 248 g/mol. The lowest BCUT2D eigenvalue weighted by Crippen LogP contribution is -2.23. The molecule has 1 N–H and O–H groups in total. The fraction of sp³-hybridized carbons (Fsp3) is 0.353. The first-order valence-corrected chi connectivity index (χ1v) is 6.97. The lowest BCUT2D eigenvalue weighted by Gasteiger charge is -2.22.